The predicted molar refractivity (Wildman–Crippen MR) is 92.3 cm³/mol. The van der Waals surface area contributed by atoms with Gasteiger partial charge in [-0.2, -0.15) is 0 Å². The monoisotopic (exact) mass is 347 g/mol. The summed E-state index contributed by atoms with van der Waals surface area (Å²) in [4.78, 5) is 16.3. The van der Waals surface area contributed by atoms with E-state index in [0.29, 0.717) is 24.0 Å². The summed E-state index contributed by atoms with van der Waals surface area (Å²) in [7, 11) is 1.62. The molecule has 1 aromatic heterocycles. The van der Waals surface area contributed by atoms with E-state index in [2.05, 4.69) is 11.9 Å². The zero-order valence-corrected chi connectivity index (χ0v) is 14.9. The molecule has 0 bridgehead atoms. The Balaban J connectivity index is 1.67. The van der Waals surface area contributed by atoms with Gasteiger partial charge in [0.2, 0.25) is 0 Å². The van der Waals surface area contributed by atoms with Crippen LogP contribution in [0.15, 0.2) is 23.6 Å². The minimum Gasteiger partial charge on any atom is -0.493 e. The van der Waals surface area contributed by atoms with Crippen molar-refractivity contribution in [2.45, 2.75) is 26.9 Å². The Hall–Kier alpha value is -2.08. The van der Waals surface area contributed by atoms with Gasteiger partial charge in [0, 0.05) is 10.9 Å². The molecule has 24 heavy (non-hydrogen) atoms. The maximum atomic E-state index is 11.8. The van der Waals surface area contributed by atoms with Gasteiger partial charge in [-0.3, -0.25) is 4.79 Å². The topological polar surface area (TPSA) is 57.7 Å². The van der Waals surface area contributed by atoms with Crippen molar-refractivity contribution in [2.75, 3.05) is 13.7 Å². The van der Waals surface area contributed by atoms with E-state index in [4.69, 9.17) is 14.2 Å². The number of thiazole rings is 1. The fourth-order valence-electron chi connectivity index (χ4n) is 2.48. The molecule has 1 fully saturated rings. The summed E-state index contributed by atoms with van der Waals surface area (Å²) < 4.78 is 16.2. The lowest BCUT2D eigenvalue weighted by Crippen LogP contribution is -2.07. The van der Waals surface area contributed by atoms with E-state index in [1.165, 1.54) is 11.3 Å². The second-order valence-corrected chi connectivity index (χ2v) is 6.73. The highest BCUT2D eigenvalue weighted by atomic mass is 32.1. The largest absolute Gasteiger partial charge is 0.493 e. The first-order valence-corrected chi connectivity index (χ1v) is 8.92. The van der Waals surface area contributed by atoms with Crippen LogP contribution in [0.1, 0.15) is 26.0 Å². The van der Waals surface area contributed by atoms with E-state index in [9.17, 15) is 4.79 Å². The minimum atomic E-state index is -0.111. The average Bonchev–Trinajstić information content (AvgIpc) is 3.14. The number of carbonyl (C=O) groups is 1. The van der Waals surface area contributed by atoms with E-state index >= 15 is 0 Å². The number of hydrogen-bond acceptors (Lipinski definition) is 6. The highest BCUT2D eigenvalue weighted by Crippen LogP contribution is 2.39. The predicted octanol–water partition coefficient (Wildman–Crippen LogP) is 3.92. The van der Waals surface area contributed by atoms with E-state index < -0.39 is 0 Å². The van der Waals surface area contributed by atoms with Crippen LogP contribution < -0.4 is 9.47 Å². The number of benzene rings is 1. The molecule has 6 heteroatoms. The van der Waals surface area contributed by atoms with Crippen molar-refractivity contribution >= 4 is 17.3 Å². The van der Waals surface area contributed by atoms with Gasteiger partial charge >= 0.3 is 5.97 Å². The molecule has 5 nitrogen and oxygen atoms in total. The Bertz CT molecular complexity index is 728. The number of rotatable bonds is 7. The molecule has 0 unspecified atom stereocenters. The first-order chi connectivity index (χ1) is 11.6. The number of ether oxygens (including phenoxy) is 3. The minimum absolute atomic E-state index is 0.0819. The fourth-order valence-corrected chi connectivity index (χ4v) is 3.29. The van der Waals surface area contributed by atoms with Crippen LogP contribution in [-0.4, -0.2) is 24.7 Å². The number of methoxy groups -OCH3 is 1. The van der Waals surface area contributed by atoms with E-state index in [-0.39, 0.29) is 18.5 Å². The lowest BCUT2D eigenvalue weighted by Gasteiger charge is -2.09. The molecule has 1 aliphatic carbocycles. The smallest absolute Gasteiger partial charge is 0.309 e. The lowest BCUT2D eigenvalue weighted by molar-refractivity contribution is -0.146. The quantitative estimate of drug-likeness (QED) is 0.711. The van der Waals surface area contributed by atoms with Crippen molar-refractivity contribution in [3.05, 3.63) is 29.3 Å². The Kier molecular flexibility index (Phi) is 5.04. The Morgan fingerprint density at radius 2 is 2.17 bits per heavy atom. The molecule has 0 amide bonds. The molecule has 0 radical (unpaired) electrons. The first kappa shape index (κ1) is 16.8. The molecule has 0 aliphatic heterocycles. The summed E-state index contributed by atoms with van der Waals surface area (Å²) in [6.07, 6.45) is 0.938. The normalized spacial score (nSPS) is 19.0. The summed E-state index contributed by atoms with van der Waals surface area (Å²) in [6, 6.07) is 5.74. The number of nitrogens with zero attached hydrogens (tertiary/aromatic N) is 1. The Morgan fingerprint density at radius 1 is 1.38 bits per heavy atom. The van der Waals surface area contributed by atoms with Gasteiger partial charge in [0.05, 0.1) is 25.3 Å². The summed E-state index contributed by atoms with van der Waals surface area (Å²) in [5.74, 6) is 1.83. The second-order valence-electron chi connectivity index (χ2n) is 5.87. The molecular weight excluding hydrogens is 326 g/mol. The van der Waals surface area contributed by atoms with Crippen LogP contribution in [-0.2, 0) is 16.1 Å². The lowest BCUT2D eigenvalue weighted by atomic mass is 10.2. The van der Waals surface area contributed by atoms with Crippen molar-refractivity contribution in [3.63, 3.8) is 0 Å². The van der Waals surface area contributed by atoms with E-state index in [1.54, 1.807) is 7.11 Å². The van der Waals surface area contributed by atoms with Crippen LogP contribution in [0.2, 0.25) is 0 Å². The highest BCUT2D eigenvalue weighted by Gasteiger charge is 2.40. The summed E-state index contributed by atoms with van der Waals surface area (Å²) in [5, 5.41) is 2.78. The second kappa shape index (κ2) is 7.21. The zero-order valence-electron chi connectivity index (χ0n) is 14.1. The van der Waals surface area contributed by atoms with Crippen molar-refractivity contribution in [3.8, 4) is 22.1 Å². The van der Waals surface area contributed by atoms with Crippen LogP contribution in [0.4, 0.5) is 0 Å². The van der Waals surface area contributed by atoms with Crippen LogP contribution >= 0.6 is 11.3 Å². The molecule has 0 saturated heterocycles. The molecule has 1 aromatic carbocycles. The third-order valence-electron chi connectivity index (χ3n) is 4.04. The number of aromatic nitrogens is 1. The number of esters is 1. The summed E-state index contributed by atoms with van der Waals surface area (Å²) in [5.41, 5.74) is 1.72. The summed E-state index contributed by atoms with van der Waals surface area (Å²) >= 11 is 1.52. The van der Waals surface area contributed by atoms with Crippen molar-refractivity contribution in [2.24, 2.45) is 11.8 Å². The number of carbonyl (C=O) groups excluding carboxylic acids is 1. The molecular formula is C18H21NO4S. The van der Waals surface area contributed by atoms with Crippen LogP contribution in [0.25, 0.3) is 10.6 Å². The van der Waals surface area contributed by atoms with Crippen LogP contribution in [0.5, 0.6) is 11.5 Å². The molecule has 2 aromatic rings. The highest BCUT2D eigenvalue weighted by molar-refractivity contribution is 7.13. The molecule has 2 atom stereocenters. The standard InChI is InChI=1S/C18H21NO4S/c1-4-22-15-6-5-12(8-16(15)21-3)17-19-13(10-24-17)9-23-18(20)14-7-11(14)2/h5-6,8,10-11,14H,4,7,9H2,1-3H3/t11-,14+/m0/s1. The maximum absolute atomic E-state index is 11.8. The molecule has 1 heterocycles. The van der Waals surface area contributed by atoms with Crippen LogP contribution in [0.3, 0.4) is 0 Å². The third kappa shape index (κ3) is 3.70. The Labute approximate surface area is 145 Å². The van der Waals surface area contributed by atoms with Gasteiger partial charge in [0.25, 0.3) is 0 Å². The molecule has 1 saturated carbocycles. The molecule has 128 valence electrons. The van der Waals surface area contributed by atoms with Gasteiger partial charge in [-0.25, -0.2) is 4.98 Å². The van der Waals surface area contributed by atoms with E-state index in [1.807, 2.05) is 30.5 Å². The SMILES string of the molecule is CCOc1ccc(-c2nc(COC(=O)[C@@H]3C[C@@H]3C)cs2)cc1OC. The van der Waals surface area contributed by atoms with Gasteiger partial charge in [0.15, 0.2) is 11.5 Å². The van der Waals surface area contributed by atoms with E-state index in [0.717, 1.165) is 22.7 Å². The van der Waals surface area contributed by atoms with Crippen molar-refractivity contribution in [1.29, 1.82) is 0 Å². The zero-order chi connectivity index (χ0) is 17.1. The molecule has 1 aliphatic rings. The Morgan fingerprint density at radius 3 is 2.83 bits per heavy atom. The number of hydrogen-bond donors (Lipinski definition) is 0. The fraction of sp³-hybridized carbons (Fsp3) is 0.444. The molecule has 0 N–H and O–H groups in total. The molecule has 0 spiro atoms. The van der Waals surface area contributed by atoms with Crippen molar-refractivity contribution < 1.29 is 19.0 Å². The van der Waals surface area contributed by atoms with Gasteiger partial charge < -0.3 is 14.2 Å². The first-order valence-electron chi connectivity index (χ1n) is 8.04. The van der Waals surface area contributed by atoms with Gasteiger partial charge in [-0.15, -0.1) is 11.3 Å². The average molecular weight is 347 g/mol. The third-order valence-corrected chi connectivity index (χ3v) is 4.98. The summed E-state index contributed by atoms with van der Waals surface area (Å²) in [6.45, 7) is 4.81. The van der Waals surface area contributed by atoms with Crippen molar-refractivity contribution in [1.82, 2.24) is 4.98 Å². The van der Waals surface area contributed by atoms with Crippen LogP contribution in [0, 0.1) is 11.8 Å². The van der Waals surface area contributed by atoms with Gasteiger partial charge in [-0.1, -0.05) is 6.92 Å². The molecule has 3 rings (SSSR count). The maximum Gasteiger partial charge on any atom is 0.309 e. The van der Waals surface area contributed by atoms with Gasteiger partial charge in [0.1, 0.15) is 11.6 Å². The van der Waals surface area contributed by atoms with Gasteiger partial charge in [-0.05, 0) is 37.5 Å².